The third-order valence-corrected chi connectivity index (χ3v) is 6.43. The maximum Gasteiger partial charge on any atom is 0.231 e. The van der Waals surface area contributed by atoms with Crippen molar-refractivity contribution in [3.8, 4) is 28.4 Å². The highest BCUT2D eigenvalue weighted by molar-refractivity contribution is 6.00. The third kappa shape index (κ3) is 4.64. The standard InChI is InChI=1S/C27H31NO3/c1-2-8-21(9-3-1)28-16-6-7-17-29-25-15-13-22(23-10-4-5-11-24(23)25)20-12-14-26-27(18-20)31-19-30-26/h4-5,10-15,18,21,28H,1-3,6-9,16-17,19H2. The summed E-state index contributed by atoms with van der Waals surface area (Å²) in [5, 5.41) is 6.06. The lowest BCUT2D eigenvalue weighted by atomic mass is 9.95. The largest absolute Gasteiger partial charge is 0.493 e. The Hall–Kier alpha value is -2.72. The summed E-state index contributed by atoms with van der Waals surface area (Å²) in [6.07, 6.45) is 9.09. The van der Waals surface area contributed by atoms with E-state index >= 15 is 0 Å². The van der Waals surface area contributed by atoms with Gasteiger partial charge in [0.1, 0.15) is 5.75 Å². The molecule has 0 aromatic heterocycles. The Bertz CT molecular complexity index is 1030. The third-order valence-electron chi connectivity index (χ3n) is 6.43. The number of ether oxygens (including phenoxy) is 3. The van der Waals surface area contributed by atoms with Crippen LogP contribution in [0.2, 0.25) is 0 Å². The first-order valence-electron chi connectivity index (χ1n) is 11.7. The first-order valence-corrected chi connectivity index (χ1v) is 11.7. The monoisotopic (exact) mass is 417 g/mol. The van der Waals surface area contributed by atoms with Crippen molar-refractivity contribution in [3.63, 3.8) is 0 Å². The fourth-order valence-electron chi connectivity index (χ4n) is 4.74. The van der Waals surface area contributed by atoms with Crippen LogP contribution in [-0.4, -0.2) is 26.0 Å². The predicted molar refractivity (Wildman–Crippen MR) is 125 cm³/mol. The molecule has 0 spiro atoms. The lowest BCUT2D eigenvalue weighted by molar-refractivity contribution is 0.174. The molecule has 2 aliphatic rings. The summed E-state index contributed by atoms with van der Waals surface area (Å²) >= 11 is 0. The molecular weight excluding hydrogens is 386 g/mol. The van der Waals surface area contributed by atoms with E-state index < -0.39 is 0 Å². The molecule has 0 amide bonds. The smallest absolute Gasteiger partial charge is 0.231 e. The van der Waals surface area contributed by atoms with Gasteiger partial charge in [0.15, 0.2) is 11.5 Å². The van der Waals surface area contributed by atoms with E-state index in [-0.39, 0.29) is 0 Å². The fraction of sp³-hybridized carbons (Fsp3) is 0.407. The molecular formula is C27H31NO3. The Morgan fingerprint density at radius 2 is 1.68 bits per heavy atom. The predicted octanol–water partition coefficient (Wildman–Crippen LogP) is 6.32. The molecule has 1 heterocycles. The van der Waals surface area contributed by atoms with Crippen LogP contribution in [0.15, 0.2) is 54.6 Å². The second kappa shape index (κ2) is 9.61. The van der Waals surface area contributed by atoms with Crippen LogP contribution < -0.4 is 19.5 Å². The summed E-state index contributed by atoms with van der Waals surface area (Å²) in [4.78, 5) is 0. The van der Waals surface area contributed by atoms with E-state index in [4.69, 9.17) is 14.2 Å². The number of hydrogen-bond donors (Lipinski definition) is 1. The first-order chi connectivity index (χ1) is 15.4. The minimum atomic E-state index is 0.294. The molecule has 5 rings (SSSR count). The molecule has 31 heavy (non-hydrogen) atoms. The van der Waals surface area contributed by atoms with Crippen molar-refractivity contribution in [2.45, 2.75) is 51.0 Å². The van der Waals surface area contributed by atoms with Crippen LogP contribution in [0.5, 0.6) is 17.2 Å². The zero-order valence-corrected chi connectivity index (χ0v) is 18.1. The van der Waals surface area contributed by atoms with Crippen LogP contribution in [-0.2, 0) is 0 Å². The van der Waals surface area contributed by atoms with Gasteiger partial charge in [-0.25, -0.2) is 0 Å². The second-order valence-electron chi connectivity index (χ2n) is 8.57. The van der Waals surface area contributed by atoms with Crippen molar-refractivity contribution < 1.29 is 14.2 Å². The molecule has 1 saturated carbocycles. The summed E-state index contributed by atoms with van der Waals surface area (Å²) in [5.74, 6) is 2.58. The van der Waals surface area contributed by atoms with Gasteiger partial charge in [-0.15, -0.1) is 0 Å². The molecule has 1 fully saturated rings. The Kier molecular flexibility index (Phi) is 6.26. The molecule has 3 aromatic carbocycles. The normalized spacial score (nSPS) is 16.0. The van der Waals surface area contributed by atoms with Crippen LogP contribution in [0.1, 0.15) is 44.9 Å². The summed E-state index contributed by atoms with van der Waals surface area (Å²) in [7, 11) is 0. The van der Waals surface area contributed by atoms with E-state index in [0.717, 1.165) is 60.2 Å². The number of rotatable bonds is 8. The molecule has 0 unspecified atom stereocenters. The van der Waals surface area contributed by atoms with Gasteiger partial charge in [0, 0.05) is 11.4 Å². The van der Waals surface area contributed by atoms with Gasteiger partial charge in [0.25, 0.3) is 0 Å². The number of hydrogen-bond acceptors (Lipinski definition) is 4. The van der Waals surface area contributed by atoms with Crippen LogP contribution in [0.25, 0.3) is 21.9 Å². The quantitative estimate of drug-likeness (QED) is 0.436. The number of nitrogens with one attached hydrogen (secondary N) is 1. The minimum Gasteiger partial charge on any atom is -0.493 e. The highest BCUT2D eigenvalue weighted by atomic mass is 16.7. The molecule has 1 N–H and O–H groups in total. The first kappa shape index (κ1) is 20.2. The Morgan fingerprint density at radius 3 is 2.58 bits per heavy atom. The fourth-order valence-corrected chi connectivity index (χ4v) is 4.74. The number of unbranched alkanes of at least 4 members (excludes halogenated alkanes) is 1. The van der Waals surface area contributed by atoms with Gasteiger partial charge in [-0.3, -0.25) is 0 Å². The molecule has 0 radical (unpaired) electrons. The molecule has 1 aliphatic carbocycles. The van der Waals surface area contributed by atoms with Crippen molar-refractivity contribution >= 4 is 10.8 Å². The van der Waals surface area contributed by atoms with E-state index in [1.54, 1.807) is 0 Å². The lowest BCUT2D eigenvalue weighted by Gasteiger charge is -2.22. The summed E-state index contributed by atoms with van der Waals surface area (Å²) < 4.78 is 17.2. The maximum atomic E-state index is 6.20. The van der Waals surface area contributed by atoms with Gasteiger partial charge in [0.05, 0.1) is 6.61 Å². The maximum absolute atomic E-state index is 6.20. The lowest BCUT2D eigenvalue weighted by Crippen LogP contribution is -2.31. The average Bonchev–Trinajstić information content (AvgIpc) is 3.30. The van der Waals surface area contributed by atoms with Crippen molar-refractivity contribution in [1.82, 2.24) is 5.32 Å². The van der Waals surface area contributed by atoms with Gasteiger partial charge in [0.2, 0.25) is 6.79 Å². The zero-order valence-electron chi connectivity index (χ0n) is 18.1. The van der Waals surface area contributed by atoms with Crippen molar-refractivity contribution in [2.75, 3.05) is 19.9 Å². The molecule has 0 bridgehead atoms. The Labute approximate surface area is 184 Å². The zero-order chi connectivity index (χ0) is 20.9. The average molecular weight is 418 g/mol. The van der Waals surface area contributed by atoms with Gasteiger partial charge in [-0.05, 0) is 66.9 Å². The molecule has 1 aliphatic heterocycles. The molecule has 3 aromatic rings. The van der Waals surface area contributed by atoms with Gasteiger partial charge >= 0.3 is 0 Å². The van der Waals surface area contributed by atoms with E-state index in [0.29, 0.717) is 6.79 Å². The van der Waals surface area contributed by atoms with E-state index in [9.17, 15) is 0 Å². The second-order valence-corrected chi connectivity index (χ2v) is 8.57. The van der Waals surface area contributed by atoms with Crippen molar-refractivity contribution in [3.05, 3.63) is 54.6 Å². The minimum absolute atomic E-state index is 0.294. The highest BCUT2D eigenvalue weighted by Gasteiger charge is 2.16. The summed E-state index contributed by atoms with van der Waals surface area (Å²) in [5.41, 5.74) is 2.30. The molecule has 0 saturated heterocycles. The summed E-state index contributed by atoms with van der Waals surface area (Å²) in [6.45, 7) is 2.14. The van der Waals surface area contributed by atoms with E-state index in [2.05, 4.69) is 53.8 Å². The van der Waals surface area contributed by atoms with Gasteiger partial charge < -0.3 is 19.5 Å². The van der Waals surface area contributed by atoms with Crippen LogP contribution in [0.3, 0.4) is 0 Å². The van der Waals surface area contributed by atoms with Crippen LogP contribution in [0, 0.1) is 0 Å². The van der Waals surface area contributed by atoms with Crippen LogP contribution >= 0.6 is 0 Å². The van der Waals surface area contributed by atoms with Crippen molar-refractivity contribution in [1.29, 1.82) is 0 Å². The van der Waals surface area contributed by atoms with E-state index in [1.165, 1.54) is 43.1 Å². The van der Waals surface area contributed by atoms with Gasteiger partial charge in [-0.1, -0.05) is 55.7 Å². The number of fused-ring (bicyclic) bond motifs is 2. The number of benzene rings is 3. The Morgan fingerprint density at radius 1 is 0.839 bits per heavy atom. The highest BCUT2D eigenvalue weighted by Crippen LogP contribution is 2.39. The summed E-state index contributed by atoms with van der Waals surface area (Å²) in [6, 6.07) is 19.6. The molecule has 162 valence electrons. The molecule has 4 nitrogen and oxygen atoms in total. The molecule has 0 atom stereocenters. The van der Waals surface area contributed by atoms with Crippen molar-refractivity contribution in [2.24, 2.45) is 0 Å². The topological polar surface area (TPSA) is 39.7 Å². The Balaban J connectivity index is 1.23. The van der Waals surface area contributed by atoms with Crippen LogP contribution in [0.4, 0.5) is 0 Å². The van der Waals surface area contributed by atoms with E-state index in [1.807, 2.05) is 6.07 Å². The van der Waals surface area contributed by atoms with Gasteiger partial charge in [-0.2, -0.15) is 0 Å². The molecule has 4 heteroatoms. The SMILES string of the molecule is c1ccc2c(-c3ccc4c(c3)OCO4)ccc(OCCCCNC3CCCCC3)c2c1.